The molecule has 0 aromatic carbocycles. The first-order valence-corrected chi connectivity index (χ1v) is 6.91. The fraction of sp³-hybridized carbons (Fsp3) is 0.846. The number of carbonyl (C=O) groups excluding carboxylic acids is 1. The van der Waals surface area contributed by atoms with E-state index in [1.165, 1.54) is 0 Å². The Hall–Kier alpha value is -0.140. The Labute approximate surface area is 143 Å². The molecule has 7 heteroatoms. The number of amides is 1. The van der Waals surface area contributed by atoms with Crippen LogP contribution in [0.15, 0.2) is 0 Å². The number of aliphatic carboxylic acids is 1. The van der Waals surface area contributed by atoms with Crippen LogP contribution in [-0.2, 0) is 9.59 Å². The summed E-state index contributed by atoms with van der Waals surface area (Å²) < 4.78 is 0. The van der Waals surface area contributed by atoms with E-state index in [9.17, 15) is 9.59 Å². The third-order valence-electron chi connectivity index (χ3n) is 2.82. The van der Waals surface area contributed by atoms with Crippen molar-refractivity contribution < 1.29 is 19.8 Å². The van der Waals surface area contributed by atoms with Gasteiger partial charge in [-0.25, -0.2) is 0 Å². The van der Waals surface area contributed by atoms with Crippen LogP contribution >= 0.6 is 0 Å². The number of carbonyl (C=O) groups is 2. The molecule has 0 saturated carbocycles. The van der Waals surface area contributed by atoms with Gasteiger partial charge in [0.1, 0.15) is 0 Å². The third-order valence-corrected chi connectivity index (χ3v) is 2.82. The van der Waals surface area contributed by atoms with E-state index < -0.39 is 5.97 Å². The zero-order valence-corrected chi connectivity index (χ0v) is 14.7. The molecule has 20 heavy (non-hydrogen) atoms. The maximum absolute atomic E-state index is 11.5. The van der Waals surface area contributed by atoms with E-state index in [2.05, 4.69) is 12.2 Å². The topological polar surface area (TPSA) is 89.9 Å². The molecule has 0 bridgehead atoms. The van der Waals surface area contributed by atoms with Gasteiger partial charge in [0.2, 0.25) is 5.91 Å². The second kappa shape index (κ2) is 15.3. The maximum atomic E-state index is 11.5. The molecule has 113 valence electrons. The first-order valence-electron chi connectivity index (χ1n) is 6.91. The Balaban J connectivity index is 0. The van der Waals surface area contributed by atoms with Crippen LogP contribution < -0.4 is 5.32 Å². The van der Waals surface area contributed by atoms with Gasteiger partial charge in [-0.3, -0.25) is 14.5 Å². The summed E-state index contributed by atoms with van der Waals surface area (Å²) in [5, 5.41) is 20.3. The number of unbranched alkanes of at least 4 members (excludes halogenated alkanes) is 2. The molecule has 0 atom stereocenters. The monoisotopic (exact) mass is 297 g/mol. The number of carboxylic acid groups (broad SMARTS) is 1. The maximum Gasteiger partial charge on any atom is 0.304 e. The molecule has 0 aromatic rings. The standard InChI is InChI=1S/C13H26N2O4.Na/c1-2-3-4-5-12(17)14-7-9-15(10-11-16)8-6-13(18)19;/h16H,2-11H2,1H3,(H,14,17)(H,18,19);. The zero-order chi connectivity index (χ0) is 14.5. The van der Waals surface area contributed by atoms with Gasteiger partial charge in [-0.2, -0.15) is 0 Å². The average molecular weight is 297 g/mol. The third kappa shape index (κ3) is 14.3. The van der Waals surface area contributed by atoms with Crippen LogP contribution in [0.4, 0.5) is 0 Å². The van der Waals surface area contributed by atoms with Gasteiger partial charge < -0.3 is 15.5 Å². The molecular formula is C13H26N2NaO4. The number of hydrogen-bond donors (Lipinski definition) is 3. The molecule has 0 heterocycles. The van der Waals surface area contributed by atoms with Crippen molar-refractivity contribution in [3.63, 3.8) is 0 Å². The molecule has 0 aliphatic rings. The van der Waals surface area contributed by atoms with Crippen LogP contribution in [0.1, 0.15) is 39.0 Å². The second-order valence-electron chi connectivity index (χ2n) is 4.52. The quantitative estimate of drug-likeness (QED) is 0.350. The van der Waals surface area contributed by atoms with E-state index in [1.54, 1.807) is 0 Å². The normalized spacial score (nSPS) is 10.2. The van der Waals surface area contributed by atoms with E-state index in [-0.39, 0.29) is 48.5 Å². The van der Waals surface area contributed by atoms with Crippen molar-refractivity contribution in [3.8, 4) is 0 Å². The number of nitrogens with zero attached hydrogens (tertiary/aromatic N) is 1. The number of hydrogen-bond acceptors (Lipinski definition) is 4. The number of carboxylic acids is 1. The molecule has 1 radical (unpaired) electrons. The first kappa shape index (κ1) is 22.1. The van der Waals surface area contributed by atoms with Crippen molar-refractivity contribution >= 4 is 41.4 Å². The van der Waals surface area contributed by atoms with Crippen LogP contribution in [-0.4, -0.2) is 89.3 Å². The van der Waals surface area contributed by atoms with Crippen molar-refractivity contribution in [3.05, 3.63) is 0 Å². The van der Waals surface area contributed by atoms with Crippen LogP contribution in [0.2, 0.25) is 0 Å². The molecule has 0 spiro atoms. The molecule has 0 saturated heterocycles. The summed E-state index contributed by atoms with van der Waals surface area (Å²) in [4.78, 5) is 23.8. The van der Waals surface area contributed by atoms with Crippen LogP contribution in [0.3, 0.4) is 0 Å². The summed E-state index contributed by atoms with van der Waals surface area (Å²) in [5.74, 6) is -0.817. The van der Waals surface area contributed by atoms with E-state index >= 15 is 0 Å². The van der Waals surface area contributed by atoms with Crippen LogP contribution in [0, 0.1) is 0 Å². The van der Waals surface area contributed by atoms with Gasteiger partial charge >= 0.3 is 5.97 Å². The van der Waals surface area contributed by atoms with Crippen molar-refractivity contribution in [2.45, 2.75) is 39.0 Å². The molecule has 6 nitrogen and oxygen atoms in total. The van der Waals surface area contributed by atoms with E-state index in [1.807, 2.05) is 4.90 Å². The summed E-state index contributed by atoms with van der Waals surface area (Å²) in [6.07, 6.45) is 3.64. The molecule has 0 rings (SSSR count). The summed E-state index contributed by atoms with van der Waals surface area (Å²) >= 11 is 0. The minimum Gasteiger partial charge on any atom is -0.481 e. The Morgan fingerprint density at radius 2 is 1.80 bits per heavy atom. The SMILES string of the molecule is CCCCCC(=O)NCCN(CCO)CCC(=O)O.[Na]. The molecule has 3 N–H and O–H groups in total. The van der Waals surface area contributed by atoms with Crippen LogP contribution in [0.5, 0.6) is 0 Å². The van der Waals surface area contributed by atoms with Gasteiger partial charge in [0.25, 0.3) is 0 Å². The summed E-state index contributed by atoms with van der Waals surface area (Å²) in [7, 11) is 0. The molecule has 0 aliphatic carbocycles. The minimum atomic E-state index is -0.855. The molecule has 0 aliphatic heterocycles. The first-order chi connectivity index (χ1) is 9.10. The Kier molecular flexibility index (Phi) is 16.9. The van der Waals surface area contributed by atoms with E-state index in [0.29, 0.717) is 32.6 Å². The van der Waals surface area contributed by atoms with Gasteiger partial charge in [0.05, 0.1) is 13.0 Å². The molecule has 0 aromatic heterocycles. The molecule has 1 amide bonds. The van der Waals surface area contributed by atoms with Gasteiger partial charge in [-0.1, -0.05) is 19.8 Å². The zero-order valence-electron chi connectivity index (χ0n) is 12.7. The van der Waals surface area contributed by atoms with Gasteiger partial charge in [0, 0.05) is 62.2 Å². The number of rotatable bonds is 12. The average Bonchev–Trinajstić information content (AvgIpc) is 2.36. The van der Waals surface area contributed by atoms with Gasteiger partial charge in [-0.15, -0.1) is 0 Å². The van der Waals surface area contributed by atoms with Crippen LogP contribution in [0.25, 0.3) is 0 Å². The number of nitrogens with one attached hydrogen (secondary N) is 1. The van der Waals surface area contributed by atoms with E-state index in [0.717, 1.165) is 19.3 Å². The fourth-order valence-corrected chi connectivity index (χ4v) is 1.71. The van der Waals surface area contributed by atoms with E-state index in [4.69, 9.17) is 10.2 Å². The smallest absolute Gasteiger partial charge is 0.304 e. The number of aliphatic hydroxyl groups is 1. The predicted molar refractivity (Wildman–Crippen MR) is 78.7 cm³/mol. The molecular weight excluding hydrogens is 271 g/mol. The van der Waals surface area contributed by atoms with Gasteiger partial charge in [0.15, 0.2) is 0 Å². The predicted octanol–water partition coefficient (Wildman–Crippen LogP) is 0.0711. The minimum absolute atomic E-state index is 0. The van der Waals surface area contributed by atoms with Crippen molar-refractivity contribution in [1.29, 1.82) is 0 Å². The summed E-state index contributed by atoms with van der Waals surface area (Å²) in [5.41, 5.74) is 0. The summed E-state index contributed by atoms with van der Waals surface area (Å²) in [6.45, 7) is 3.95. The second-order valence-corrected chi connectivity index (χ2v) is 4.52. The van der Waals surface area contributed by atoms with Crippen molar-refractivity contribution in [2.75, 3.05) is 32.8 Å². The molecule has 0 fully saturated rings. The number of aliphatic hydroxyl groups excluding tert-OH is 1. The van der Waals surface area contributed by atoms with Crippen molar-refractivity contribution in [2.24, 2.45) is 0 Å². The molecule has 0 unspecified atom stereocenters. The Morgan fingerprint density at radius 1 is 1.10 bits per heavy atom. The summed E-state index contributed by atoms with van der Waals surface area (Å²) in [6, 6.07) is 0. The van der Waals surface area contributed by atoms with Crippen molar-refractivity contribution in [1.82, 2.24) is 10.2 Å². The Bertz CT molecular complexity index is 265. The van der Waals surface area contributed by atoms with Gasteiger partial charge in [-0.05, 0) is 6.42 Å². The fourth-order valence-electron chi connectivity index (χ4n) is 1.71. The largest absolute Gasteiger partial charge is 0.481 e. The Morgan fingerprint density at radius 3 is 2.35 bits per heavy atom.